The van der Waals surface area contributed by atoms with Crippen LogP contribution in [-0.4, -0.2) is 47.6 Å². The zero-order valence-corrected chi connectivity index (χ0v) is 16.6. The summed E-state index contributed by atoms with van der Waals surface area (Å²) in [5, 5.41) is 0. The maximum atomic E-state index is 13.2. The molecule has 0 bridgehead atoms. The molecule has 1 aliphatic carbocycles. The van der Waals surface area contributed by atoms with Crippen molar-refractivity contribution in [2.75, 3.05) is 13.1 Å². The molecule has 4 rings (SSSR count). The summed E-state index contributed by atoms with van der Waals surface area (Å²) in [7, 11) is -3.55. The van der Waals surface area contributed by atoms with Crippen LogP contribution in [0.1, 0.15) is 48.0 Å². The van der Waals surface area contributed by atoms with Crippen molar-refractivity contribution in [2.45, 2.75) is 49.6 Å². The molecule has 1 saturated heterocycles. The predicted octanol–water partition coefficient (Wildman–Crippen LogP) is 3.06. The van der Waals surface area contributed by atoms with Gasteiger partial charge >= 0.3 is 0 Å². The summed E-state index contributed by atoms with van der Waals surface area (Å²) in [5.41, 5.74) is 1.45. The Kier molecular flexibility index (Phi) is 5.46. The minimum atomic E-state index is -3.55. The van der Waals surface area contributed by atoms with Crippen LogP contribution >= 0.6 is 0 Å². The number of rotatable bonds is 6. The fraction of sp³-hybridized carbons (Fsp3) is 0.429. The molecular weight excluding hydrogens is 374 g/mol. The topological polar surface area (TPSA) is 70.6 Å². The summed E-state index contributed by atoms with van der Waals surface area (Å²) in [6.07, 6.45) is 8.26. The number of carbonyl (C=O) groups excluding carboxylic acids is 1. The minimum absolute atomic E-state index is 0.116. The lowest BCUT2D eigenvalue weighted by Crippen LogP contribution is -2.36. The Morgan fingerprint density at radius 2 is 1.79 bits per heavy atom. The molecule has 1 aromatic carbocycles. The zero-order chi connectivity index (χ0) is 19.6. The van der Waals surface area contributed by atoms with Crippen molar-refractivity contribution in [1.29, 1.82) is 0 Å². The van der Waals surface area contributed by atoms with E-state index in [2.05, 4.69) is 4.98 Å². The van der Waals surface area contributed by atoms with Gasteiger partial charge in [-0.3, -0.25) is 9.78 Å². The first-order chi connectivity index (χ1) is 13.6. The van der Waals surface area contributed by atoms with Gasteiger partial charge < -0.3 is 4.90 Å². The Morgan fingerprint density at radius 1 is 1.07 bits per heavy atom. The van der Waals surface area contributed by atoms with E-state index in [1.54, 1.807) is 30.6 Å². The number of aromatic nitrogens is 1. The zero-order valence-electron chi connectivity index (χ0n) is 15.8. The van der Waals surface area contributed by atoms with E-state index in [1.165, 1.54) is 10.4 Å². The second-order valence-corrected chi connectivity index (χ2v) is 9.45. The Labute approximate surface area is 166 Å². The van der Waals surface area contributed by atoms with Gasteiger partial charge in [0.05, 0.1) is 4.90 Å². The molecule has 1 aromatic heterocycles. The first-order valence-electron chi connectivity index (χ1n) is 9.86. The summed E-state index contributed by atoms with van der Waals surface area (Å²) in [6, 6.07) is 10.5. The van der Waals surface area contributed by atoms with Crippen molar-refractivity contribution >= 4 is 15.9 Å². The molecule has 0 atom stereocenters. The summed E-state index contributed by atoms with van der Waals surface area (Å²) >= 11 is 0. The molecule has 0 unspecified atom stereocenters. The summed E-state index contributed by atoms with van der Waals surface area (Å²) in [5.74, 6) is -0.116. The highest BCUT2D eigenvalue weighted by molar-refractivity contribution is 7.89. The normalized spacial score (nSPS) is 18.0. The van der Waals surface area contributed by atoms with E-state index in [9.17, 15) is 13.2 Å². The van der Waals surface area contributed by atoms with Crippen LogP contribution < -0.4 is 0 Å². The van der Waals surface area contributed by atoms with Crippen molar-refractivity contribution in [3.63, 3.8) is 0 Å². The molecule has 2 aliphatic rings. The first-order valence-corrected chi connectivity index (χ1v) is 11.3. The number of carbonyl (C=O) groups is 1. The van der Waals surface area contributed by atoms with E-state index in [4.69, 9.17) is 0 Å². The number of piperidine rings is 1. The lowest BCUT2D eigenvalue weighted by atomic mass is 10.1. The molecule has 148 valence electrons. The summed E-state index contributed by atoms with van der Waals surface area (Å²) in [6.45, 7) is 1.61. The fourth-order valence-corrected chi connectivity index (χ4v) is 5.21. The molecule has 2 fully saturated rings. The van der Waals surface area contributed by atoms with Crippen molar-refractivity contribution in [3.8, 4) is 0 Å². The average Bonchev–Trinajstić information content (AvgIpc) is 3.58. The van der Waals surface area contributed by atoms with Gasteiger partial charge in [-0.1, -0.05) is 12.5 Å². The number of pyridine rings is 1. The number of hydrogen-bond acceptors (Lipinski definition) is 4. The highest BCUT2D eigenvalue weighted by Crippen LogP contribution is 2.30. The van der Waals surface area contributed by atoms with E-state index in [-0.39, 0.29) is 16.8 Å². The van der Waals surface area contributed by atoms with E-state index in [1.807, 2.05) is 17.0 Å². The van der Waals surface area contributed by atoms with Crippen LogP contribution in [0.5, 0.6) is 0 Å². The largest absolute Gasteiger partial charge is 0.331 e. The Morgan fingerprint density at radius 3 is 2.46 bits per heavy atom. The monoisotopic (exact) mass is 399 g/mol. The molecule has 6 nitrogen and oxygen atoms in total. The first kappa shape index (κ1) is 19.1. The van der Waals surface area contributed by atoms with Gasteiger partial charge in [0, 0.05) is 43.6 Å². The smallest absolute Gasteiger partial charge is 0.254 e. The number of nitrogens with zero attached hydrogens (tertiary/aromatic N) is 3. The lowest BCUT2D eigenvalue weighted by molar-refractivity contribution is 0.0729. The van der Waals surface area contributed by atoms with Crippen LogP contribution in [0.25, 0.3) is 0 Å². The molecule has 0 N–H and O–H groups in total. The molecule has 7 heteroatoms. The third-order valence-corrected chi connectivity index (χ3v) is 7.28. The SMILES string of the molecule is O=C(c1cccc(S(=O)(=O)N2CCCCC2)c1)N(Cc1ccncc1)C1CC1. The van der Waals surface area contributed by atoms with Gasteiger partial charge in [-0.2, -0.15) is 4.31 Å². The lowest BCUT2D eigenvalue weighted by Gasteiger charge is -2.26. The van der Waals surface area contributed by atoms with E-state index in [0.29, 0.717) is 25.2 Å². The second-order valence-electron chi connectivity index (χ2n) is 7.51. The van der Waals surface area contributed by atoms with Crippen LogP contribution in [0.4, 0.5) is 0 Å². The highest BCUT2D eigenvalue weighted by atomic mass is 32.2. The van der Waals surface area contributed by atoms with Crippen molar-refractivity contribution in [1.82, 2.24) is 14.2 Å². The summed E-state index contributed by atoms with van der Waals surface area (Å²) < 4.78 is 27.5. The van der Waals surface area contributed by atoms with Crippen LogP contribution in [0.3, 0.4) is 0 Å². The average molecular weight is 400 g/mol. The van der Waals surface area contributed by atoms with Crippen LogP contribution in [0, 0.1) is 0 Å². The van der Waals surface area contributed by atoms with Gasteiger partial charge in [0.25, 0.3) is 5.91 Å². The van der Waals surface area contributed by atoms with Gasteiger partial charge in [0.15, 0.2) is 0 Å². The minimum Gasteiger partial charge on any atom is -0.331 e. The second kappa shape index (κ2) is 8.01. The van der Waals surface area contributed by atoms with Gasteiger partial charge in [0.2, 0.25) is 10.0 Å². The molecule has 28 heavy (non-hydrogen) atoms. The van der Waals surface area contributed by atoms with Crippen LogP contribution in [-0.2, 0) is 16.6 Å². The maximum absolute atomic E-state index is 13.2. The third kappa shape index (κ3) is 4.10. The molecule has 2 heterocycles. The van der Waals surface area contributed by atoms with E-state index < -0.39 is 10.0 Å². The standard InChI is InChI=1S/C21H25N3O3S/c25-21(24(19-7-8-19)16-17-9-11-22-12-10-17)18-5-4-6-20(15-18)28(26,27)23-13-2-1-3-14-23/h4-6,9-12,15,19H,1-3,7-8,13-14,16H2. The number of amides is 1. The molecule has 1 aliphatic heterocycles. The Hall–Kier alpha value is -2.25. The number of hydrogen-bond donors (Lipinski definition) is 0. The molecule has 0 spiro atoms. The summed E-state index contributed by atoms with van der Waals surface area (Å²) in [4.78, 5) is 19.3. The highest BCUT2D eigenvalue weighted by Gasteiger charge is 2.34. The number of benzene rings is 1. The molecule has 0 radical (unpaired) electrons. The Bertz CT molecular complexity index is 936. The molecule has 2 aromatic rings. The van der Waals surface area contributed by atoms with Crippen molar-refractivity contribution in [2.24, 2.45) is 0 Å². The maximum Gasteiger partial charge on any atom is 0.254 e. The van der Waals surface area contributed by atoms with Gasteiger partial charge in [0.1, 0.15) is 0 Å². The fourth-order valence-electron chi connectivity index (χ4n) is 3.65. The van der Waals surface area contributed by atoms with Crippen molar-refractivity contribution < 1.29 is 13.2 Å². The molecular formula is C21H25N3O3S. The number of sulfonamides is 1. The van der Waals surface area contributed by atoms with E-state index in [0.717, 1.165) is 37.7 Å². The van der Waals surface area contributed by atoms with Crippen LogP contribution in [0.15, 0.2) is 53.7 Å². The van der Waals surface area contributed by atoms with Crippen molar-refractivity contribution in [3.05, 3.63) is 59.9 Å². The van der Waals surface area contributed by atoms with E-state index >= 15 is 0 Å². The third-order valence-electron chi connectivity index (χ3n) is 5.38. The van der Waals surface area contributed by atoms with Gasteiger partial charge in [-0.05, 0) is 61.6 Å². The van der Waals surface area contributed by atoms with Crippen LogP contribution in [0.2, 0.25) is 0 Å². The van der Waals surface area contributed by atoms with Gasteiger partial charge in [-0.25, -0.2) is 8.42 Å². The molecule has 1 amide bonds. The predicted molar refractivity (Wildman–Crippen MR) is 106 cm³/mol. The quantitative estimate of drug-likeness (QED) is 0.749. The van der Waals surface area contributed by atoms with Gasteiger partial charge in [-0.15, -0.1) is 0 Å². The Balaban J connectivity index is 1.58. The molecule has 1 saturated carbocycles.